The van der Waals surface area contributed by atoms with Gasteiger partial charge in [0.05, 0.1) is 7.11 Å². The molecular weight excluding hydrogens is 301 g/mol. The Morgan fingerprint density at radius 3 is 2.93 bits per heavy atom. The van der Waals surface area contributed by atoms with Gasteiger partial charge in [-0.2, -0.15) is 0 Å². The largest absolute Gasteiger partial charge is 0.496 e. The minimum absolute atomic E-state index is 0.475. The lowest BCUT2D eigenvalue weighted by Gasteiger charge is -2.25. The van der Waals surface area contributed by atoms with Gasteiger partial charge in [0.25, 0.3) is 0 Å². The zero-order chi connectivity index (χ0) is 10.7. The van der Waals surface area contributed by atoms with Crippen molar-refractivity contribution in [3.05, 3.63) is 27.3 Å². The molecule has 2 nitrogen and oxygen atoms in total. The van der Waals surface area contributed by atoms with Gasteiger partial charge >= 0.3 is 0 Å². The topological polar surface area (TPSA) is 21.3 Å². The minimum Gasteiger partial charge on any atom is -0.496 e. The molecule has 1 N–H and O–H groups in total. The van der Waals surface area contributed by atoms with Crippen molar-refractivity contribution in [3.8, 4) is 5.75 Å². The highest BCUT2D eigenvalue weighted by molar-refractivity contribution is 14.1. The molecule has 0 aliphatic carbocycles. The van der Waals surface area contributed by atoms with E-state index < -0.39 is 0 Å². The number of ether oxygens (including phenoxy) is 1. The monoisotopic (exact) mass is 317 g/mol. The van der Waals surface area contributed by atoms with Crippen molar-refractivity contribution in [3.63, 3.8) is 0 Å². The Kier molecular flexibility index (Phi) is 3.86. The lowest BCUT2D eigenvalue weighted by molar-refractivity contribution is 0.373. The third-order valence-electron chi connectivity index (χ3n) is 2.88. The van der Waals surface area contributed by atoms with Gasteiger partial charge in [-0.15, -0.1) is 0 Å². The second kappa shape index (κ2) is 5.16. The van der Waals surface area contributed by atoms with Gasteiger partial charge < -0.3 is 10.1 Å². The van der Waals surface area contributed by atoms with Crippen LogP contribution in [0.3, 0.4) is 0 Å². The predicted molar refractivity (Wildman–Crippen MR) is 70.3 cm³/mol. The molecule has 0 amide bonds. The smallest absolute Gasteiger partial charge is 0.123 e. The summed E-state index contributed by atoms with van der Waals surface area (Å²) >= 11 is 2.35. The normalized spacial score (nSPS) is 21.3. The fourth-order valence-corrected chi connectivity index (χ4v) is 2.61. The van der Waals surface area contributed by atoms with Gasteiger partial charge in [0.15, 0.2) is 0 Å². The van der Waals surface area contributed by atoms with Crippen LogP contribution in [0.1, 0.15) is 30.9 Å². The fourth-order valence-electron chi connectivity index (χ4n) is 2.09. The van der Waals surface area contributed by atoms with Gasteiger partial charge in [0.2, 0.25) is 0 Å². The van der Waals surface area contributed by atoms with Crippen LogP contribution in [0.4, 0.5) is 0 Å². The van der Waals surface area contributed by atoms with Crippen molar-refractivity contribution in [2.24, 2.45) is 0 Å². The average molecular weight is 317 g/mol. The maximum Gasteiger partial charge on any atom is 0.123 e. The quantitative estimate of drug-likeness (QED) is 0.846. The molecule has 3 heteroatoms. The van der Waals surface area contributed by atoms with Crippen LogP contribution in [0.5, 0.6) is 5.75 Å². The Morgan fingerprint density at radius 2 is 2.27 bits per heavy atom. The molecule has 0 spiro atoms. The number of nitrogens with one attached hydrogen (secondary N) is 1. The molecule has 0 bridgehead atoms. The summed E-state index contributed by atoms with van der Waals surface area (Å²) in [5, 5.41) is 3.55. The van der Waals surface area contributed by atoms with Crippen LogP contribution in [-0.4, -0.2) is 13.7 Å². The van der Waals surface area contributed by atoms with E-state index >= 15 is 0 Å². The molecule has 1 saturated heterocycles. The molecule has 0 radical (unpaired) electrons. The van der Waals surface area contributed by atoms with E-state index in [0.29, 0.717) is 6.04 Å². The third kappa shape index (κ3) is 2.64. The number of hydrogen-bond donors (Lipinski definition) is 1. The molecule has 2 rings (SSSR count). The molecule has 1 aromatic rings. The molecule has 1 aromatic carbocycles. The van der Waals surface area contributed by atoms with E-state index in [1.54, 1.807) is 7.11 Å². The molecule has 1 aliphatic rings. The number of rotatable bonds is 2. The zero-order valence-electron chi connectivity index (χ0n) is 8.92. The fraction of sp³-hybridized carbons (Fsp3) is 0.500. The summed E-state index contributed by atoms with van der Waals surface area (Å²) < 4.78 is 6.68. The summed E-state index contributed by atoms with van der Waals surface area (Å²) in [6, 6.07) is 6.85. The first-order chi connectivity index (χ1) is 7.31. The van der Waals surface area contributed by atoms with E-state index in [0.717, 1.165) is 12.3 Å². The van der Waals surface area contributed by atoms with E-state index in [2.05, 4.69) is 46.1 Å². The molecule has 1 heterocycles. The molecule has 15 heavy (non-hydrogen) atoms. The number of piperidine rings is 1. The second-order valence-corrected chi connectivity index (χ2v) is 5.13. The van der Waals surface area contributed by atoms with Gasteiger partial charge in [-0.25, -0.2) is 0 Å². The van der Waals surface area contributed by atoms with Crippen molar-refractivity contribution in [2.75, 3.05) is 13.7 Å². The number of halogens is 1. The predicted octanol–water partition coefficient (Wildman–Crippen LogP) is 3.11. The molecule has 82 valence electrons. The molecular formula is C12H16INO. The summed E-state index contributed by atoms with van der Waals surface area (Å²) in [7, 11) is 1.74. The van der Waals surface area contributed by atoms with Gasteiger partial charge in [-0.1, -0.05) is 6.42 Å². The molecule has 0 saturated carbocycles. The Balaban J connectivity index is 2.27. The molecule has 1 atom stereocenters. The first-order valence-corrected chi connectivity index (χ1v) is 6.46. The zero-order valence-corrected chi connectivity index (χ0v) is 11.1. The minimum atomic E-state index is 0.475. The van der Waals surface area contributed by atoms with Crippen molar-refractivity contribution in [1.29, 1.82) is 0 Å². The van der Waals surface area contributed by atoms with Crippen molar-refractivity contribution >= 4 is 22.6 Å². The SMILES string of the molecule is COc1ccc(I)cc1[C@@H]1CCCCN1. The van der Waals surface area contributed by atoms with E-state index in [1.165, 1.54) is 28.4 Å². The summed E-state index contributed by atoms with van der Waals surface area (Å²) in [6.45, 7) is 1.12. The van der Waals surface area contributed by atoms with E-state index in [4.69, 9.17) is 4.74 Å². The van der Waals surface area contributed by atoms with Crippen LogP contribution in [-0.2, 0) is 0 Å². The van der Waals surface area contributed by atoms with Gasteiger partial charge in [-0.05, 0) is 60.2 Å². The van der Waals surface area contributed by atoms with Crippen molar-refractivity contribution < 1.29 is 4.74 Å². The number of hydrogen-bond acceptors (Lipinski definition) is 2. The summed E-state index contributed by atoms with van der Waals surface area (Å²) in [5.74, 6) is 1.01. The summed E-state index contributed by atoms with van der Waals surface area (Å²) in [5.41, 5.74) is 1.31. The molecule has 0 unspecified atom stereocenters. The Morgan fingerprint density at radius 1 is 1.40 bits per heavy atom. The highest BCUT2D eigenvalue weighted by Gasteiger charge is 2.18. The number of benzene rings is 1. The third-order valence-corrected chi connectivity index (χ3v) is 3.55. The Hall–Kier alpha value is -0.290. The van der Waals surface area contributed by atoms with E-state index in [9.17, 15) is 0 Å². The highest BCUT2D eigenvalue weighted by Crippen LogP contribution is 2.31. The van der Waals surface area contributed by atoms with Gasteiger partial charge in [-0.3, -0.25) is 0 Å². The highest BCUT2D eigenvalue weighted by atomic mass is 127. The van der Waals surface area contributed by atoms with Crippen LogP contribution < -0.4 is 10.1 Å². The lowest BCUT2D eigenvalue weighted by Crippen LogP contribution is -2.27. The first kappa shape index (κ1) is 11.2. The van der Waals surface area contributed by atoms with Crippen LogP contribution in [0, 0.1) is 3.57 Å². The lowest BCUT2D eigenvalue weighted by atomic mass is 9.97. The molecule has 1 fully saturated rings. The van der Waals surface area contributed by atoms with Gasteiger partial charge in [0.1, 0.15) is 5.75 Å². The Labute approximate surface area is 105 Å². The maximum absolute atomic E-state index is 5.41. The summed E-state index contributed by atoms with van der Waals surface area (Å²) in [4.78, 5) is 0. The van der Waals surface area contributed by atoms with Crippen LogP contribution in [0.15, 0.2) is 18.2 Å². The van der Waals surface area contributed by atoms with Crippen LogP contribution in [0.25, 0.3) is 0 Å². The van der Waals surface area contributed by atoms with Crippen molar-refractivity contribution in [1.82, 2.24) is 5.32 Å². The van der Waals surface area contributed by atoms with Gasteiger partial charge in [0, 0.05) is 15.2 Å². The van der Waals surface area contributed by atoms with E-state index in [-0.39, 0.29) is 0 Å². The van der Waals surface area contributed by atoms with Crippen LogP contribution in [0.2, 0.25) is 0 Å². The maximum atomic E-state index is 5.41. The average Bonchev–Trinajstić information content (AvgIpc) is 2.30. The van der Waals surface area contributed by atoms with Crippen molar-refractivity contribution in [2.45, 2.75) is 25.3 Å². The standard InChI is InChI=1S/C12H16INO/c1-15-12-6-5-9(13)8-10(12)11-4-2-3-7-14-11/h5-6,8,11,14H,2-4,7H2,1H3/t11-/m0/s1. The molecule has 1 aliphatic heterocycles. The molecule has 0 aromatic heterocycles. The summed E-state index contributed by atoms with van der Waals surface area (Å²) in [6.07, 6.45) is 3.82. The number of methoxy groups -OCH3 is 1. The van der Waals surface area contributed by atoms with Crippen LogP contribution >= 0.6 is 22.6 Å². The second-order valence-electron chi connectivity index (χ2n) is 3.89. The Bertz CT molecular complexity index is 334. The first-order valence-electron chi connectivity index (χ1n) is 5.38. The van der Waals surface area contributed by atoms with E-state index in [1.807, 2.05) is 0 Å².